The fourth-order valence-corrected chi connectivity index (χ4v) is 3.61. The fourth-order valence-electron chi connectivity index (χ4n) is 3.61. The van der Waals surface area contributed by atoms with Crippen LogP contribution in [-0.2, 0) is 9.59 Å². The number of rotatable bonds is 7. The molecule has 1 aliphatic carbocycles. The number of H-pyrrole nitrogens is 1. The average Bonchev–Trinajstić information content (AvgIpc) is 3.11. The molecule has 1 heterocycles. The molecule has 0 saturated heterocycles. The summed E-state index contributed by atoms with van der Waals surface area (Å²) in [4.78, 5) is 36.8. The molecule has 3 rings (SSSR count). The van der Waals surface area contributed by atoms with E-state index in [2.05, 4.69) is 4.98 Å². The zero-order valence-electron chi connectivity index (χ0n) is 16.4. The van der Waals surface area contributed by atoms with Gasteiger partial charge in [-0.05, 0) is 37.9 Å². The molecule has 7 heteroatoms. The number of carboxylic acids is 1. The fraction of sp³-hybridized carbons (Fsp3) is 0.476. The van der Waals surface area contributed by atoms with Crippen molar-refractivity contribution in [3.05, 3.63) is 30.0 Å². The second-order valence-electron chi connectivity index (χ2n) is 7.19. The number of nitrogens with one attached hydrogen (secondary N) is 1. The minimum Gasteiger partial charge on any atom is -0.497 e. The van der Waals surface area contributed by atoms with Crippen LogP contribution in [0, 0.1) is 5.92 Å². The smallest absolute Gasteiger partial charge is 0.317 e. The van der Waals surface area contributed by atoms with Crippen molar-refractivity contribution in [1.82, 2.24) is 9.88 Å². The molecule has 1 aromatic heterocycles. The van der Waals surface area contributed by atoms with E-state index >= 15 is 0 Å². The molecule has 0 amide bonds. The van der Waals surface area contributed by atoms with Crippen molar-refractivity contribution in [2.45, 2.75) is 32.1 Å². The molecule has 28 heavy (non-hydrogen) atoms. The summed E-state index contributed by atoms with van der Waals surface area (Å²) >= 11 is 0. The Morgan fingerprint density at radius 3 is 2.61 bits per heavy atom. The van der Waals surface area contributed by atoms with Gasteiger partial charge in [0.1, 0.15) is 5.75 Å². The number of carbonyl (C=O) groups is 3. The molecular formula is C21H28N2O5. The number of ether oxygens (including phenoxy) is 1. The molecule has 0 aliphatic heterocycles. The van der Waals surface area contributed by atoms with Crippen LogP contribution >= 0.6 is 0 Å². The second kappa shape index (κ2) is 10.6. The van der Waals surface area contributed by atoms with Crippen LogP contribution in [0.5, 0.6) is 5.75 Å². The molecule has 0 radical (unpaired) electrons. The van der Waals surface area contributed by atoms with Crippen molar-refractivity contribution < 1.29 is 24.2 Å². The van der Waals surface area contributed by atoms with Gasteiger partial charge < -0.3 is 14.8 Å². The van der Waals surface area contributed by atoms with Crippen LogP contribution in [0.1, 0.15) is 42.5 Å². The van der Waals surface area contributed by atoms with E-state index < -0.39 is 11.8 Å². The van der Waals surface area contributed by atoms with E-state index in [1.807, 2.05) is 11.9 Å². The van der Waals surface area contributed by atoms with Gasteiger partial charge in [-0.15, -0.1) is 0 Å². The summed E-state index contributed by atoms with van der Waals surface area (Å²) in [5.74, 6) is 0.192. The van der Waals surface area contributed by atoms with Gasteiger partial charge in [-0.25, -0.2) is 0 Å². The first-order chi connectivity index (χ1) is 13.4. The Morgan fingerprint density at radius 2 is 2.00 bits per heavy atom. The van der Waals surface area contributed by atoms with Crippen LogP contribution in [0.2, 0.25) is 0 Å². The lowest BCUT2D eigenvalue weighted by molar-refractivity contribution is -0.138. The number of Topliss-reactive ketones (excluding diaryl/α,β-unsaturated/α-hetero) is 1. The van der Waals surface area contributed by atoms with Crippen LogP contribution in [0.15, 0.2) is 24.4 Å². The molecular weight excluding hydrogens is 360 g/mol. The third-order valence-electron chi connectivity index (χ3n) is 4.96. The van der Waals surface area contributed by atoms with Gasteiger partial charge in [-0.1, -0.05) is 19.3 Å². The number of likely N-dealkylation sites (N-methyl/N-ethyl adjacent to an activating group) is 1. The predicted octanol–water partition coefficient (Wildman–Crippen LogP) is 3.14. The first-order valence-corrected chi connectivity index (χ1v) is 9.49. The summed E-state index contributed by atoms with van der Waals surface area (Å²) in [6.07, 6.45) is 8.41. The summed E-state index contributed by atoms with van der Waals surface area (Å²) in [6.45, 7) is 1.13. The lowest BCUT2D eigenvalue weighted by Crippen LogP contribution is -2.31. The van der Waals surface area contributed by atoms with Gasteiger partial charge in [-0.3, -0.25) is 19.3 Å². The number of ketones is 1. The van der Waals surface area contributed by atoms with Crippen LogP contribution in [0.4, 0.5) is 0 Å². The van der Waals surface area contributed by atoms with Crippen LogP contribution in [0.25, 0.3) is 10.9 Å². The summed E-state index contributed by atoms with van der Waals surface area (Å²) in [7, 11) is 3.46. The minimum absolute atomic E-state index is 0.177. The summed E-state index contributed by atoms with van der Waals surface area (Å²) < 4.78 is 5.04. The lowest BCUT2D eigenvalue weighted by Gasteiger charge is -2.25. The first kappa shape index (κ1) is 21.6. The maximum Gasteiger partial charge on any atom is 0.317 e. The zero-order chi connectivity index (χ0) is 20.5. The molecule has 152 valence electrons. The number of carbonyl (C=O) groups excluding carboxylic acids is 2. The Morgan fingerprint density at radius 1 is 1.29 bits per heavy atom. The summed E-state index contributed by atoms with van der Waals surface area (Å²) in [6, 6.07) is 5.27. The SMILES string of the molecule is CN(CC(=O)O)CC1CCCCC1.COc1ccc2c(C(=O)C=O)c[nH]c2c1. The normalized spacial score (nSPS) is 14.4. The molecule has 0 unspecified atom stereocenters. The molecule has 2 aromatic rings. The number of aromatic amines is 1. The van der Waals surface area contributed by atoms with E-state index in [1.54, 1.807) is 25.3 Å². The van der Waals surface area contributed by atoms with Gasteiger partial charge >= 0.3 is 5.97 Å². The van der Waals surface area contributed by atoms with E-state index in [-0.39, 0.29) is 6.54 Å². The average molecular weight is 388 g/mol. The van der Waals surface area contributed by atoms with E-state index in [0.717, 1.165) is 23.4 Å². The van der Waals surface area contributed by atoms with Crippen molar-refractivity contribution in [1.29, 1.82) is 0 Å². The van der Waals surface area contributed by atoms with Crippen molar-refractivity contribution in [2.24, 2.45) is 5.92 Å². The lowest BCUT2D eigenvalue weighted by atomic mass is 9.89. The Balaban J connectivity index is 0.000000203. The van der Waals surface area contributed by atoms with Crippen LogP contribution < -0.4 is 4.74 Å². The topological polar surface area (TPSA) is 99.7 Å². The van der Waals surface area contributed by atoms with Gasteiger partial charge in [0.2, 0.25) is 5.78 Å². The third-order valence-corrected chi connectivity index (χ3v) is 4.96. The standard InChI is InChI=1S/C11H9NO3.C10H19NO2/c1-15-7-2-3-8-9(11(14)6-13)5-12-10(8)4-7;1-11(8-10(12)13)7-9-5-3-2-4-6-9/h2-6,12H,1H3;9H,2-8H2,1H3,(H,12,13). The third kappa shape index (κ3) is 6.20. The van der Waals surface area contributed by atoms with Crippen molar-refractivity contribution in [3.8, 4) is 5.75 Å². The number of hydrogen-bond acceptors (Lipinski definition) is 5. The van der Waals surface area contributed by atoms with Crippen LogP contribution in [-0.4, -0.2) is 60.3 Å². The van der Waals surface area contributed by atoms with Gasteiger partial charge in [0, 0.05) is 29.7 Å². The van der Waals surface area contributed by atoms with Gasteiger partial charge in [0.25, 0.3) is 0 Å². The largest absolute Gasteiger partial charge is 0.497 e. The van der Waals surface area contributed by atoms with Gasteiger partial charge in [-0.2, -0.15) is 0 Å². The van der Waals surface area contributed by atoms with E-state index in [4.69, 9.17) is 9.84 Å². The van der Waals surface area contributed by atoms with E-state index in [1.165, 1.54) is 38.3 Å². The number of fused-ring (bicyclic) bond motifs is 1. The monoisotopic (exact) mass is 388 g/mol. The van der Waals surface area contributed by atoms with E-state index in [0.29, 0.717) is 17.6 Å². The number of benzene rings is 1. The Kier molecular flexibility index (Phi) is 8.19. The van der Waals surface area contributed by atoms with Gasteiger partial charge in [0.15, 0.2) is 6.29 Å². The summed E-state index contributed by atoms with van der Waals surface area (Å²) in [5, 5.41) is 9.30. The highest BCUT2D eigenvalue weighted by Crippen LogP contribution is 2.24. The summed E-state index contributed by atoms with van der Waals surface area (Å²) in [5.41, 5.74) is 1.17. The quantitative estimate of drug-likeness (QED) is 0.429. The molecule has 0 bridgehead atoms. The molecule has 0 spiro atoms. The Hall–Kier alpha value is -2.67. The first-order valence-electron chi connectivity index (χ1n) is 9.49. The molecule has 1 fully saturated rings. The number of carboxylic acid groups (broad SMARTS) is 1. The van der Waals surface area contributed by atoms with Crippen molar-refractivity contribution >= 4 is 28.9 Å². The number of aliphatic carboxylic acids is 1. The highest BCUT2D eigenvalue weighted by atomic mass is 16.5. The second-order valence-corrected chi connectivity index (χ2v) is 7.19. The number of aromatic nitrogens is 1. The zero-order valence-corrected chi connectivity index (χ0v) is 16.4. The Bertz CT molecular complexity index is 808. The molecule has 1 aliphatic rings. The highest BCUT2D eigenvalue weighted by molar-refractivity contribution is 6.36. The van der Waals surface area contributed by atoms with E-state index in [9.17, 15) is 14.4 Å². The number of aldehydes is 1. The maximum absolute atomic E-state index is 11.2. The molecule has 7 nitrogen and oxygen atoms in total. The Labute approximate surface area is 164 Å². The number of methoxy groups -OCH3 is 1. The molecule has 0 atom stereocenters. The highest BCUT2D eigenvalue weighted by Gasteiger charge is 2.16. The van der Waals surface area contributed by atoms with Crippen LogP contribution in [0.3, 0.4) is 0 Å². The van der Waals surface area contributed by atoms with Crippen molar-refractivity contribution in [3.63, 3.8) is 0 Å². The predicted molar refractivity (Wildman–Crippen MR) is 107 cm³/mol. The maximum atomic E-state index is 11.2. The minimum atomic E-state index is -0.724. The molecule has 1 saturated carbocycles. The number of hydrogen-bond donors (Lipinski definition) is 2. The van der Waals surface area contributed by atoms with Gasteiger partial charge in [0.05, 0.1) is 19.2 Å². The molecule has 2 N–H and O–H groups in total. The van der Waals surface area contributed by atoms with Crippen molar-refractivity contribution in [2.75, 3.05) is 27.2 Å². The molecule has 1 aromatic carbocycles. The number of nitrogens with zero attached hydrogens (tertiary/aromatic N) is 1.